The number of hydrogen-bond donors (Lipinski definition) is 2. The van der Waals surface area contributed by atoms with Crippen molar-refractivity contribution >= 4 is 6.21 Å². The van der Waals surface area contributed by atoms with Crippen LogP contribution in [0.2, 0.25) is 0 Å². The highest BCUT2D eigenvalue weighted by Gasteiger charge is 2.11. The highest BCUT2D eigenvalue weighted by Crippen LogP contribution is 2.36. The van der Waals surface area contributed by atoms with Crippen molar-refractivity contribution in [3.63, 3.8) is 0 Å². The van der Waals surface area contributed by atoms with Crippen LogP contribution in [0.4, 0.5) is 0 Å². The summed E-state index contributed by atoms with van der Waals surface area (Å²) in [6, 6.07) is 12.5. The minimum absolute atomic E-state index is 0.0519. The van der Waals surface area contributed by atoms with Crippen LogP contribution in [0.1, 0.15) is 17.2 Å². The normalized spacial score (nSPS) is 12.3. The Morgan fingerprint density at radius 1 is 1.09 bits per heavy atom. The van der Waals surface area contributed by atoms with Gasteiger partial charge >= 0.3 is 0 Å². The Hall–Kier alpha value is -2.53. The van der Waals surface area contributed by atoms with E-state index in [1.807, 2.05) is 30.3 Å². The maximum absolute atomic E-state index is 9.88. The van der Waals surface area contributed by atoms with Crippen LogP contribution < -0.4 is 9.47 Å². The van der Waals surface area contributed by atoms with Crippen LogP contribution in [0, 0.1) is 0 Å². The maximum atomic E-state index is 9.88. The predicted octanol–water partition coefficient (Wildman–Crippen LogP) is 2.56. The van der Waals surface area contributed by atoms with Crippen molar-refractivity contribution in [2.45, 2.75) is 6.04 Å². The molecule has 0 aromatic heterocycles. The zero-order chi connectivity index (χ0) is 15.9. The van der Waals surface area contributed by atoms with Gasteiger partial charge in [-0.2, -0.15) is 0 Å². The molecule has 0 heterocycles. The third kappa shape index (κ3) is 3.56. The van der Waals surface area contributed by atoms with Crippen LogP contribution in [0.15, 0.2) is 47.5 Å². The molecule has 0 saturated carbocycles. The molecule has 5 heteroatoms. The average Bonchev–Trinajstić information content (AvgIpc) is 2.57. The number of ether oxygens (including phenoxy) is 2. The van der Waals surface area contributed by atoms with Crippen LogP contribution in [0.3, 0.4) is 0 Å². The maximum Gasteiger partial charge on any atom is 0.200 e. The summed E-state index contributed by atoms with van der Waals surface area (Å²) in [6.07, 6.45) is 1.62. The van der Waals surface area contributed by atoms with Gasteiger partial charge in [-0.3, -0.25) is 4.99 Å². The van der Waals surface area contributed by atoms with Gasteiger partial charge in [0.25, 0.3) is 0 Å². The third-order valence-corrected chi connectivity index (χ3v) is 3.26. The van der Waals surface area contributed by atoms with Crippen molar-refractivity contribution in [2.24, 2.45) is 4.99 Å². The zero-order valence-corrected chi connectivity index (χ0v) is 12.6. The summed E-state index contributed by atoms with van der Waals surface area (Å²) < 4.78 is 10.2. The van der Waals surface area contributed by atoms with Crippen LogP contribution >= 0.6 is 0 Å². The van der Waals surface area contributed by atoms with E-state index in [1.165, 1.54) is 14.2 Å². The van der Waals surface area contributed by atoms with Crippen LogP contribution in [-0.2, 0) is 0 Å². The highest BCUT2D eigenvalue weighted by atomic mass is 16.5. The second-order valence-electron chi connectivity index (χ2n) is 4.66. The van der Waals surface area contributed by atoms with Gasteiger partial charge < -0.3 is 19.7 Å². The molecular weight excluding hydrogens is 282 g/mol. The van der Waals surface area contributed by atoms with Gasteiger partial charge in [0.2, 0.25) is 5.75 Å². The largest absolute Gasteiger partial charge is 0.502 e. The fourth-order valence-corrected chi connectivity index (χ4v) is 2.08. The van der Waals surface area contributed by atoms with Gasteiger partial charge in [0.1, 0.15) is 0 Å². The fraction of sp³-hybridized carbons (Fsp3) is 0.235. The van der Waals surface area contributed by atoms with Gasteiger partial charge in [-0.1, -0.05) is 30.3 Å². The van der Waals surface area contributed by atoms with Crippen molar-refractivity contribution in [1.29, 1.82) is 0 Å². The summed E-state index contributed by atoms with van der Waals surface area (Å²) in [5.41, 5.74) is 1.64. The Kier molecular flexibility index (Phi) is 5.38. The molecule has 1 unspecified atom stereocenters. The molecule has 0 aliphatic carbocycles. The number of aliphatic hydroxyl groups excluding tert-OH is 1. The third-order valence-electron chi connectivity index (χ3n) is 3.26. The molecule has 1 atom stereocenters. The minimum Gasteiger partial charge on any atom is -0.502 e. The topological polar surface area (TPSA) is 71.3 Å². The van der Waals surface area contributed by atoms with Gasteiger partial charge in [0.05, 0.1) is 26.9 Å². The van der Waals surface area contributed by atoms with E-state index in [1.54, 1.807) is 18.3 Å². The Balaban J connectivity index is 2.29. The first kappa shape index (κ1) is 15.9. The smallest absolute Gasteiger partial charge is 0.200 e. The molecule has 2 aromatic rings. The lowest BCUT2D eigenvalue weighted by Gasteiger charge is -2.11. The summed E-state index contributed by atoms with van der Waals surface area (Å²) in [6.45, 7) is -0.0904. The van der Waals surface area contributed by atoms with E-state index in [2.05, 4.69) is 4.99 Å². The van der Waals surface area contributed by atoms with Crippen LogP contribution in [-0.4, -0.2) is 37.3 Å². The predicted molar refractivity (Wildman–Crippen MR) is 85.1 cm³/mol. The van der Waals surface area contributed by atoms with Gasteiger partial charge in [-0.25, -0.2) is 0 Å². The van der Waals surface area contributed by atoms with E-state index < -0.39 is 0 Å². The second-order valence-corrected chi connectivity index (χ2v) is 4.66. The van der Waals surface area contributed by atoms with Gasteiger partial charge in [0.15, 0.2) is 11.5 Å². The van der Waals surface area contributed by atoms with Crippen molar-refractivity contribution in [3.05, 3.63) is 53.6 Å². The van der Waals surface area contributed by atoms with Crippen molar-refractivity contribution in [1.82, 2.24) is 0 Å². The number of methoxy groups -OCH3 is 2. The van der Waals surface area contributed by atoms with Crippen molar-refractivity contribution < 1.29 is 19.7 Å². The number of aliphatic hydroxyl groups is 1. The summed E-state index contributed by atoms with van der Waals surface area (Å²) in [5, 5.41) is 19.4. The monoisotopic (exact) mass is 301 g/mol. The lowest BCUT2D eigenvalue weighted by atomic mass is 10.1. The number of benzene rings is 2. The SMILES string of the molecule is COc1cc(C=NC(CO)c2ccccc2)cc(OC)c1O. The van der Waals surface area contributed by atoms with E-state index in [0.29, 0.717) is 17.1 Å². The van der Waals surface area contributed by atoms with Crippen molar-refractivity contribution in [3.8, 4) is 17.2 Å². The summed E-state index contributed by atoms with van der Waals surface area (Å²) in [4.78, 5) is 4.40. The lowest BCUT2D eigenvalue weighted by Crippen LogP contribution is -2.01. The quantitative estimate of drug-likeness (QED) is 0.804. The first-order valence-corrected chi connectivity index (χ1v) is 6.83. The number of rotatable bonds is 6. The molecule has 0 bridgehead atoms. The molecule has 0 saturated heterocycles. The molecule has 0 aliphatic heterocycles. The number of nitrogens with zero attached hydrogens (tertiary/aromatic N) is 1. The van der Waals surface area contributed by atoms with Crippen LogP contribution in [0.25, 0.3) is 0 Å². The average molecular weight is 301 g/mol. The van der Waals surface area contributed by atoms with Crippen LogP contribution in [0.5, 0.6) is 17.2 Å². The molecule has 116 valence electrons. The number of aromatic hydroxyl groups is 1. The van der Waals surface area contributed by atoms with Gasteiger partial charge in [0, 0.05) is 6.21 Å². The molecule has 0 radical (unpaired) electrons. The van der Waals surface area contributed by atoms with E-state index in [-0.39, 0.29) is 18.4 Å². The van der Waals surface area contributed by atoms with E-state index >= 15 is 0 Å². The zero-order valence-electron chi connectivity index (χ0n) is 12.6. The molecule has 5 nitrogen and oxygen atoms in total. The molecule has 22 heavy (non-hydrogen) atoms. The van der Waals surface area contributed by atoms with Gasteiger partial charge in [-0.15, -0.1) is 0 Å². The molecule has 0 aliphatic rings. The molecule has 0 spiro atoms. The van der Waals surface area contributed by atoms with E-state index in [9.17, 15) is 10.2 Å². The summed E-state index contributed by atoms with van der Waals surface area (Å²) in [7, 11) is 2.94. The van der Waals surface area contributed by atoms with Gasteiger partial charge in [-0.05, 0) is 23.3 Å². The molecule has 0 amide bonds. The summed E-state index contributed by atoms with van der Waals surface area (Å²) in [5.74, 6) is 0.561. The molecular formula is C17H19NO4. The Morgan fingerprint density at radius 2 is 1.68 bits per heavy atom. The molecule has 2 rings (SSSR count). The number of hydrogen-bond acceptors (Lipinski definition) is 5. The lowest BCUT2D eigenvalue weighted by molar-refractivity contribution is 0.269. The molecule has 2 aromatic carbocycles. The fourth-order valence-electron chi connectivity index (χ4n) is 2.08. The standard InChI is InChI=1S/C17H19NO4/c1-21-15-8-12(9-16(22-2)17(15)20)10-18-14(11-19)13-6-4-3-5-7-13/h3-10,14,19-20H,11H2,1-2H3. The Morgan fingerprint density at radius 3 is 2.18 bits per heavy atom. The summed E-state index contributed by atoms with van der Waals surface area (Å²) >= 11 is 0. The minimum atomic E-state index is -0.341. The Bertz CT molecular complexity index is 615. The first-order valence-electron chi connectivity index (χ1n) is 6.83. The Labute approximate surface area is 129 Å². The number of phenols is 1. The number of aliphatic imine (C=N–C) groups is 1. The molecule has 0 fully saturated rings. The second kappa shape index (κ2) is 7.47. The van der Waals surface area contributed by atoms with E-state index in [4.69, 9.17) is 9.47 Å². The van der Waals surface area contributed by atoms with Crippen molar-refractivity contribution in [2.75, 3.05) is 20.8 Å². The van der Waals surface area contributed by atoms with E-state index in [0.717, 1.165) is 5.56 Å². The number of phenolic OH excluding ortho intramolecular Hbond substituents is 1. The molecule has 2 N–H and O–H groups in total. The highest BCUT2D eigenvalue weighted by molar-refractivity contribution is 5.82. The first-order chi connectivity index (χ1) is 10.7.